The number of para-hydroxylation sites is 1. The number of nitrogens with one attached hydrogen (secondary N) is 1. The average molecular weight is 250 g/mol. The van der Waals surface area contributed by atoms with E-state index in [1.165, 1.54) is 7.11 Å². The highest BCUT2D eigenvalue weighted by molar-refractivity contribution is 5.98. The Hall–Kier alpha value is -1.75. The van der Waals surface area contributed by atoms with Crippen LogP contribution in [0.3, 0.4) is 0 Å². The molecule has 2 rings (SSSR count). The molecule has 3 N–H and O–H groups in total. The van der Waals surface area contributed by atoms with E-state index in [9.17, 15) is 4.79 Å². The molecule has 0 saturated heterocycles. The van der Waals surface area contributed by atoms with Gasteiger partial charge in [-0.1, -0.05) is 6.07 Å². The topological polar surface area (TPSA) is 73.6 Å². The third-order valence-corrected chi connectivity index (χ3v) is 3.26. The second-order valence-electron chi connectivity index (χ2n) is 4.43. The van der Waals surface area contributed by atoms with Crippen molar-refractivity contribution in [1.82, 2.24) is 5.32 Å². The largest absolute Gasteiger partial charge is 0.494 e. The molecule has 1 aliphatic rings. The van der Waals surface area contributed by atoms with Crippen molar-refractivity contribution in [3.05, 3.63) is 23.8 Å². The summed E-state index contributed by atoms with van der Waals surface area (Å²) in [5.41, 5.74) is 6.70. The van der Waals surface area contributed by atoms with E-state index in [0.29, 0.717) is 17.0 Å². The molecule has 0 atom stereocenters. The Labute approximate surface area is 106 Å². The number of ether oxygens (including phenoxy) is 2. The van der Waals surface area contributed by atoms with E-state index >= 15 is 0 Å². The molecule has 5 heteroatoms. The van der Waals surface area contributed by atoms with Gasteiger partial charge in [-0.05, 0) is 25.0 Å². The summed E-state index contributed by atoms with van der Waals surface area (Å²) in [4.78, 5) is 12.1. The lowest BCUT2D eigenvalue weighted by molar-refractivity contribution is 0.0176. The highest BCUT2D eigenvalue weighted by atomic mass is 16.5. The van der Waals surface area contributed by atoms with Gasteiger partial charge in [0.05, 0.1) is 24.5 Å². The van der Waals surface area contributed by atoms with Crippen LogP contribution in [0.25, 0.3) is 0 Å². The summed E-state index contributed by atoms with van der Waals surface area (Å²) in [6.07, 6.45) is 1.97. The van der Waals surface area contributed by atoms with Crippen molar-refractivity contribution in [2.75, 3.05) is 20.0 Å². The second-order valence-corrected chi connectivity index (χ2v) is 4.43. The SMILES string of the molecule is COc1c(N)cccc1C(=O)NC1CC(OC)C1. The van der Waals surface area contributed by atoms with Crippen LogP contribution in [0.1, 0.15) is 23.2 Å². The molecule has 0 heterocycles. The first-order chi connectivity index (χ1) is 8.65. The van der Waals surface area contributed by atoms with E-state index in [1.54, 1.807) is 25.3 Å². The number of anilines is 1. The number of rotatable bonds is 4. The molecule has 1 aromatic rings. The second kappa shape index (κ2) is 5.27. The summed E-state index contributed by atoms with van der Waals surface area (Å²) in [6, 6.07) is 5.33. The highest BCUT2D eigenvalue weighted by Gasteiger charge is 2.30. The smallest absolute Gasteiger partial charge is 0.255 e. The summed E-state index contributed by atoms with van der Waals surface area (Å²) in [6.45, 7) is 0. The molecule has 5 nitrogen and oxygen atoms in total. The molecule has 0 aliphatic heterocycles. The fourth-order valence-corrected chi connectivity index (χ4v) is 2.10. The maximum Gasteiger partial charge on any atom is 0.255 e. The molecule has 98 valence electrons. The van der Waals surface area contributed by atoms with Crippen LogP contribution in [0, 0.1) is 0 Å². The predicted molar refractivity (Wildman–Crippen MR) is 68.7 cm³/mol. The van der Waals surface area contributed by atoms with E-state index in [0.717, 1.165) is 12.8 Å². The lowest BCUT2D eigenvalue weighted by Crippen LogP contribution is -2.47. The zero-order valence-corrected chi connectivity index (χ0v) is 10.6. The Morgan fingerprint density at radius 3 is 2.72 bits per heavy atom. The van der Waals surface area contributed by atoms with Crippen molar-refractivity contribution in [3.63, 3.8) is 0 Å². The van der Waals surface area contributed by atoms with Gasteiger partial charge in [-0.3, -0.25) is 4.79 Å². The van der Waals surface area contributed by atoms with E-state index in [-0.39, 0.29) is 18.1 Å². The zero-order valence-electron chi connectivity index (χ0n) is 10.6. The Bertz CT molecular complexity index is 442. The third kappa shape index (κ3) is 2.41. The quantitative estimate of drug-likeness (QED) is 0.787. The summed E-state index contributed by atoms with van der Waals surface area (Å²) >= 11 is 0. The van der Waals surface area contributed by atoms with Crippen LogP contribution in [0.5, 0.6) is 5.75 Å². The summed E-state index contributed by atoms with van der Waals surface area (Å²) in [5, 5.41) is 2.94. The predicted octanol–water partition coefficient (Wildman–Crippen LogP) is 1.18. The van der Waals surface area contributed by atoms with Crippen LogP contribution < -0.4 is 15.8 Å². The molecule has 1 aliphatic carbocycles. The van der Waals surface area contributed by atoms with Crippen LogP contribution in [0.2, 0.25) is 0 Å². The average Bonchev–Trinajstić information content (AvgIpc) is 2.32. The minimum Gasteiger partial charge on any atom is -0.494 e. The number of methoxy groups -OCH3 is 2. The molecule has 1 fully saturated rings. The van der Waals surface area contributed by atoms with Crippen LogP contribution in [0.15, 0.2) is 18.2 Å². The van der Waals surface area contributed by atoms with Gasteiger partial charge in [0.15, 0.2) is 5.75 Å². The Morgan fingerprint density at radius 2 is 2.11 bits per heavy atom. The van der Waals surface area contributed by atoms with Crippen molar-refractivity contribution >= 4 is 11.6 Å². The third-order valence-electron chi connectivity index (χ3n) is 3.26. The van der Waals surface area contributed by atoms with Gasteiger partial charge in [0.2, 0.25) is 0 Å². The van der Waals surface area contributed by atoms with Gasteiger partial charge in [0.1, 0.15) is 0 Å². The van der Waals surface area contributed by atoms with Crippen LogP contribution in [-0.4, -0.2) is 32.3 Å². The van der Waals surface area contributed by atoms with Crippen molar-refractivity contribution in [1.29, 1.82) is 0 Å². The highest BCUT2D eigenvalue weighted by Crippen LogP contribution is 2.27. The number of nitrogen functional groups attached to an aromatic ring is 1. The molecular weight excluding hydrogens is 232 g/mol. The maximum absolute atomic E-state index is 12.1. The lowest BCUT2D eigenvalue weighted by Gasteiger charge is -2.34. The van der Waals surface area contributed by atoms with Crippen LogP contribution in [-0.2, 0) is 4.74 Å². The number of hydrogen-bond acceptors (Lipinski definition) is 4. The monoisotopic (exact) mass is 250 g/mol. The first-order valence-electron chi connectivity index (χ1n) is 5.91. The maximum atomic E-state index is 12.1. The normalized spacial score (nSPS) is 22.1. The van der Waals surface area contributed by atoms with Crippen molar-refractivity contribution in [2.24, 2.45) is 0 Å². The first-order valence-corrected chi connectivity index (χ1v) is 5.91. The molecule has 0 spiro atoms. The Kier molecular flexibility index (Phi) is 3.72. The van der Waals surface area contributed by atoms with Crippen LogP contribution in [0.4, 0.5) is 5.69 Å². The van der Waals surface area contributed by atoms with Gasteiger partial charge >= 0.3 is 0 Å². The molecule has 0 aromatic heterocycles. The van der Waals surface area contributed by atoms with E-state index < -0.39 is 0 Å². The lowest BCUT2D eigenvalue weighted by atomic mass is 9.89. The molecule has 18 heavy (non-hydrogen) atoms. The molecule has 0 radical (unpaired) electrons. The first kappa shape index (κ1) is 12.7. The van der Waals surface area contributed by atoms with E-state index in [4.69, 9.17) is 15.2 Å². The zero-order chi connectivity index (χ0) is 13.1. The molecule has 1 aromatic carbocycles. The molecule has 0 unspecified atom stereocenters. The number of carbonyl (C=O) groups excluding carboxylic acids is 1. The fourth-order valence-electron chi connectivity index (χ4n) is 2.10. The molecule has 0 bridgehead atoms. The molecule has 1 amide bonds. The molecule has 1 saturated carbocycles. The van der Waals surface area contributed by atoms with Gasteiger partial charge in [0, 0.05) is 13.2 Å². The number of hydrogen-bond donors (Lipinski definition) is 2. The number of nitrogens with two attached hydrogens (primary N) is 1. The fraction of sp³-hybridized carbons (Fsp3) is 0.462. The number of benzene rings is 1. The Morgan fingerprint density at radius 1 is 1.39 bits per heavy atom. The Balaban J connectivity index is 2.03. The number of carbonyl (C=O) groups is 1. The van der Waals surface area contributed by atoms with Crippen molar-refractivity contribution in [3.8, 4) is 5.75 Å². The van der Waals surface area contributed by atoms with Gasteiger partial charge in [-0.15, -0.1) is 0 Å². The van der Waals surface area contributed by atoms with E-state index in [1.807, 2.05) is 0 Å². The van der Waals surface area contributed by atoms with Crippen molar-refractivity contribution in [2.45, 2.75) is 25.0 Å². The van der Waals surface area contributed by atoms with Gasteiger partial charge in [-0.25, -0.2) is 0 Å². The summed E-state index contributed by atoms with van der Waals surface area (Å²) in [7, 11) is 3.19. The van der Waals surface area contributed by atoms with Gasteiger partial charge in [-0.2, -0.15) is 0 Å². The standard InChI is InChI=1S/C13H18N2O3/c1-17-9-6-8(7-9)15-13(16)10-4-3-5-11(14)12(10)18-2/h3-5,8-9H,6-7,14H2,1-2H3,(H,15,16). The minimum absolute atomic E-state index is 0.154. The van der Waals surface area contributed by atoms with E-state index in [2.05, 4.69) is 5.32 Å². The summed E-state index contributed by atoms with van der Waals surface area (Å²) in [5.74, 6) is 0.274. The summed E-state index contributed by atoms with van der Waals surface area (Å²) < 4.78 is 10.3. The van der Waals surface area contributed by atoms with Crippen LogP contribution >= 0.6 is 0 Å². The van der Waals surface area contributed by atoms with Crippen molar-refractivity contribution < 1.29 is 14.3 Å². The van der Waals surface area contributed by atoms with Gasteiger partial charge < -0.3 is 20.5 Å². The minimum atomic E-state index is -0.154. The number of amides is 1. The van der Waals surface area contributed by atoms with Gasteiger partial charge in [0.25, 0.3) is 5.91 Å². The molecular formula is C13H18N2O3.